The average Bonchev–Trinajstić information content (AvgIpc) is 3.24. The molecule has 0 amide bonds. The Morgan fingerprint density at radius 2 is 0.918 bits per heavy atom. The summed E-state index contributed by atoms with van der Waals surface area (Å²) >= 11 is 0. The third-order valence-corrected chi connectivity index (χ3v) is 12.0. The van der Waals surface area contributed by atoms with Gasteiger partial charge in [0.05, 0.1) is 6.61 Å². The highest BCUT2D eigenvalue weighted by molar-refractivity contribution is 7.47. The third kappa shape index (κ3) is 30.0. The van der Waals surface area contributed by atoms with Crippen molar-refractivity contribution < 1.29 is 63.1 Å². The number of carbonyl (C=O) groups excluding carboxylic acids is 2. The number of aliphatic hydroxyl groups excluding tert-OH is 5. The summed E-state index contributed by atoms with van der Waals surface area (Å²) in [6, 6.07) is 0. The Kier molecular flexibility index (Phi) is 35.0. The number of esters is 2. The van der Waals surface area contributed by atoms with Crippen LogP contribution in [-0.4, -0.2) is 98.3 Å². The van der Waals surface area contributed by atoms with Gasteiger partial charge in [-0.25, -0.2) is 4.57 Å². The molecular weight excluding hydrogens is 803 g/mol. The fourth-order valence-corrected chi connectivity index (χ4v) is 8.08. The van der Waals surface area contributed by atoms with Gasteiger partial charge >= 0.3 is 19.8 Å². The van der Waals surface area contributed by atoms with Crippen LogP contribution in [0.4, 0.5) is 0 Å². The van der Waals surface area contributed by atoms with Gasteiger partial charge in [-0.05, 0) is 51.4 Å². The molecule has 14 heteroatoms. The normalized spacial score (nSPS) is 22.3. The minimum atomic E-state index is -5.13. The summed E-state index contributed by atoms with van der Waals surface area (Å²) in [5, 5.41) is 50.1. The van der Waals surface area contributed by atoms with Gasteiger partial charge in [0.15, 0.2) is 6.10 Å². The number of unbranched alkanes of at least 4 members (excludes halogenated alkanes) is 21. The zero-order valence-corrected chi connectivity index (χ0v) is 38.6. The number of aliphatic hydroxyl groups is 5. The van der Waals surface area contributed by atoms with Gasteiger partial charge < -0.3 is 39.9 Å². The maximum Gasteiger partial charge on any atom is 0.472 e. The monoisotopic (exact) mass is 889 g/mol. The Labute approximate surface area is 368 Å². The fourth-order valence-electron chi connectivity index (χ4n) is 7.11. The van der Waals surface area contributed by atoms with E-state index in [9.17, 15) is 44.6 Å². The Bertz CT molecular complexity index is 1210. The van der Waals surface area contributed by atoms with Crippen LogP contribution in [0.5, 0.6) is 0 Å². The number of rotatable bonds is 39. The maximum atomic E-state index is 12.8. The van der Waals surface area contributed by atoms with E-state index < -0.39 is 75.7 Å². The zero-order chi connectivity index (χ0) is 45.0. The number of phosphoric acid groups is 1. The van der Waals surface area contributed by atoms with E-state index in [0.29, 0.717) is 19.3 Å². The lowest BCUT2D eigenvalue weighted by Gasteiger charge is -2.41. The molecule has 1 aliphatic carbocycles. The van der Waals surface area contributed by atoms with Gasteiger partial charge in [0.1, 0.15) is 43.2 Å². The Morgan fingerprint density at radius 1 is 0.508 bits per heavy atom. The van der Waals surface area contributed by atoms with Crippen LogP contribution in [0.25, 0.3) is 0 Å². The van der Waals surface area contributed by atoms with Crippen LogP contribution in [0.3, 0.4) is 0 Å². The van der Waals surface area contributed by atoms with Crippen molar-refractivity contribution in [3.8, 4) is 0 Å². The molecule has 0 aromatic heterocycles. The Morgan fingerprint density at radius 3 is 1.41 bits per heavy atom. The lowest BCUT2D eigenvalue weighted by Crippen LogP contribution is -2.64. The van der Waals surface area contributed by atoms with Crippen molar-refractivity contribution in [3.63, 3.8) is 0 Å². The molecule has 0 aromatic rings. The minimum Gasteiger partial charge on any atom is -0.462 e. The second-order valence-corrected chi connectivity index (χ2v) is 18.0. The molecule has 1 rings (SSSR count). The van der Waals surface area contributed by atoms with E-state index in [-0.39, 0.29) is 12.8 Å². The van der Waals surface area contributed by atoms with Crippen LogP contribution in [0.2, 0.25) is 0 Å². The molecule has 6 N–H and O–H groups in total. The maximum absolute atomic E-state index is 12.8. The number of ether oxygens (including phenoxy) is 2. The molecule has 0 saturated heterocycles. The highest BCUT2D eigenvalue weighted by atomic mass is 31.2. The van der Waals surface area contributed by atoms with E-state index in [1.54, 1.807) is 0 Å². The molecule has 0 heterocycles. The van der Waals surface area contributed by atoms with Gasteiger partial charge in [-0.3, -0.25) is 18.6 Å². The van der Waals surface area contributed by atoms with Crippen molar-refractivity contribution in [1.82, 2.24) is 0 Å². The van der Waals surface area contributed by atoms with Crippen LogP contribution in [0.1, 0.15) is 194 Å². The molecule has 0 bridgehead atoms. The predicted molar refractivity (Wildman–Crippen MR) is 240 cm³/mol. The number of phosphoric ester groups is 1. The van der Waals surface area contributed by atoms with Crippen molar-refractivity contribution in [1.29, 1.82) is 0 Å². The summed E-state index contributed by atoms with van der Waals surface area (Å²) in [7, 11) is -5.13. The van der Waals surface area contributed by atoms with Crippen molar-refractivity contribution >= 4 is 19.8 Å². The highest BCUT2D eigenvalue weighted by Crippen LogP contribution is 2.47. The summed E-state index contributed by atoms with van der Waals surface area (Å²) < 4.78 is 33.4. The van der Waals surface area contributed by atoms with Gasteiger partial charge in [-0.2, -0.15) is 0 Å². The molecule has 0 radical (unpaired) electrons. The van der Waals surface area contributed by atoms with E-state index in [0.717, 1.165) is 25.7 Å². The molecule has 0 aromatic carbocycles. The average molecular weight is 889 g/mol. The van der Waals surface area contributed by atoms with Crippen LogP contribution in [0, 0.1) is 0 Å². The molecule has 0 spiro atoms. The van der Waals surface area contributed by atoms with E-state index in [2.05, 4.69) is 32.1 Å². The second-order valence-electron chi connectivity index (χ2n) is 16.6. The van der Waals surface area contributed by atoms with E-state index in [4.69, 9.17) is 18.5 Å². The fraction of sp³-hybridized carbons (Fsp3) is 0.830. The first-order chi connectivity index (χ1) is 29.4. The van der Waals surface area contributed by atoms with Gasteiger partial charge in [0, 0.05) is 12.8 Å². The molecule has 1 fully saturated rings. The molecule has 8 atom stereocenters. The highest BCUT2D eigenvalue weighted by Gasteiger charge is 2.51. The van der Waals surface area contributed by atoms with Crippen LogP contribution < -0.4 is 0 Å². The first-order valence-corrected chi connectivity index (χ1v) is 25.3. The lowest BCUT2D eigenvalue weighted by molar-refractivity contribution is -0.220. The smallest absolute Gasteiger partial charge is 0.462 e. The van der Waals surface area contributed by atoms with Crippen LogP contribution in [0.15, 0.2) is 36.5 Å². The van der Waals surface area contributed by atoms with Crippen molar-refractivity contribution in [3.05, 3.63) is 36.5 Å². The first-order valence-electron chi connectivity index (χ1n) is 23.8. The largest absolute Gasteiger partial charge is 0.472 e. The van der Waals surface area contributed by atoms with Gasteiger partial charge in [0.25, 0.3) is 0 Å². The van der Waals surface area contributed by atoms with Crippen molar-refractivity contribution in [2.45, 2.75) is 236 Å². The zero-order valence-electron chi connectivity index (χ0n) is 37.7. The predicted octanol–water partition coefficient (Wildman–Crippen LogP) is 9.39. The molecule has 61 heavy (non-hydrogen) atoms. The number of carbonyl (C=O) groups is 2. The van der Waals surface area contributed by atoms with E-state index in [1.807, 2.05) is 18.2 Å². The Hall–Kier alpha value is -1.93. The molecular formula is C47H85O13P. The topological polar surface area (TPSA) is 210 Å². The second kappa shape index (κ2) is 37.4. The van der Waals surface area contributed by atoms with Crippen molar-refractivity contribution in [2.24, 2.45) is 0 Å². The first kappa shape index (κ1) is 57.1. The SMILES string of the molecule is CCCCCCCCCCC/C=C/C/C=C/CCCC(=O)O[C@H](COC(=O)CC/C=C/CCCCCCCCCCCCC)COP(=O)(O)OC1C(O)C(O)C(O)[C@H](O)C1O. The standard InChI is InChI=1S/C47H85O13P/c1-3-5-7-9-11-13-15-17-19-20-22-24-26-28-30-32-34-36-41(49)59-39(38-58-61(55,56)60-47-45(53)43(51)42(50)44(52)46(47)54)37-57-40(48)35-33-31-29-27-25-23-21-18-16-14-12-10-8-6-4-2/h22,24,28-31,39,42-47,50-54H,3-21,23,25-27,32-38H2,1-2H3,(H,55,56)/b24-22+,30-28+,31-29+/t39-,42?,43+,44?,45?,46?,47?/m1/s1. The summed E-state index contributed by atoms with van der Waals surface area (Å²) in [6.07, 6.45) is 29.4. The number of hydrogen-bond acceptors (Lipinski definition) is 12. The third-order valence-electron chi connectivity index (χ3n) is 11.0. The van der Waals surface area contributed by atoms with Gasteiger partial charge in [-0.1, -0.05) is 166 Å². The van der Waals surface area contributed by atoms with Gasteiger partial charge in [-0.15, -0.1) is 0 Å². The van der Waals surface area contributed by atoms with Crippen LogP contribution >= 0.6 is 7.82 Å². The molecule has 1 saturated carbocycles. The quantitative estimate of drug-likeness (QED) is 0.0147. The van der Waals surface area contributed by atoms with E-state index >= 15 is 0 Å². The lowest BCUT2D eigenvalue weighted by atomic mass is 9.85. The summed E-state index contributed by atoms with van der Waals surface area (Å²) in [5.74, 6) is -1.21. The number of allylic oxidation sites excluding steroid dienone is 6. The minimum absolute atomic E-state index is 0.0268. The van der Waals surface area contributed by atoms with Crippen molar-refractivity contribution in [2.75, 3.05) is 13.2 Å². The van der Waals surface area contributed by atoms with E-state index in [1.165, 1.54) is 122 Å². The molecule has 356 valence electrons. The van der Waals surface area contributed by atoms with Crippen LogP contribution in [-0.2, 0) is 32.7 Å². The summed E-state index contributed by atoms with van der Waals surface area (Å²) in [5.41, 5.74) is 0. The molecule has 1 aliphatic rings. The molecule has 13 nitrogen and oxygen atoms in total. The van der Waals surface area contributed by atoms with Gasteiger partial charge in [0.2, 0.25) is 0 Å². The summed E-state index contributed by atoms with van der Waals surface area (Å²) in [6.45, 7) is 3.24. The number of hydrogen-bond donors (Lipinski definition) is 6. The molecule has 0 aliphatic heterocycles. The molecule has 6 unspecified atom stereocenters. The Balaban J connectivity index is 2.50. The summed E-state index contributed by atoms with van der Waals surface area (Å²) in [4.78, 5) is 35.6.